The molecule has 3 atom stereocenters. The van der Waals surface area contributed by atoms with E-state index >= 15 is 0 Å². The second kappa shape index (κ2) is 9.23. The first-order chi connectivity index (χ1) is 16.9. The Labute approximate surface area is 205 Å². The number of hydrogen-bond donors (Lipinski definition) is 0. The molecule has 1 aliphatic heterocycles. The number of esters is 1. The van der Waals surface area contributed by atoms with Gasteiger partial charge in [-0.3, -0.25) is 4.79 Å². The Kier molecular flexibility index (Phi) is 6.11. The van der Waals surface area contributed by atoms with Gasteiger partial charge in [0.2, 0.25) is 0 Å². The van der Waals surface area contributed by atoms with Crippen molar-refractivity contribution >= 4 is 26.9 Å². The van der Waals surface area contributed by atoms with Crippen LogP contribution in [0.15, 0.2) is 89.8 Å². The van der Waals surface area contributed by atoms with E-state index in [0.29, 0.717) is 29.0 Å². The van der Waals surface area contributed by atoms with Crippen molar-refractivity contribution < 1.29 is 22.7 Å². The molecule has 35 heavy (non-hydrogen) atoms. The number of carbonyl (C=O) groups excluding carboxylic acids is 1. The Morgan fingerprint density at radius 3 is 2.26 bits per heavy atom. The summed E-state index contributed by atoms with van der Waals surface area (Å²) in [5.74, 6) is -0.338. The van der Waals surface area contributed by atoms with Gasteiger partial charge in [-0.25, -0.2) is 12.4 Å². The van der Waals surface area contributed by atoms with Crippen LogP contribution in [0.2, 0.25) is 0 Å². The molecule has 2 heterocycles. The topological polar surface area (TPSA) is 74.6 Å². The normalized spacial score (nSPS) is 19.7. The van der Waals surface area contributed by atoms with Gasteiger partial charge < -0.3 is 9.47 Å². The molecule has 0 unspecified atom stereocenters. The van der Waals surface area contributed by atoms with Gasteiger partial charge in [-0.15, -0.1) is 0 Å². The van der Waals surface area contributed by atoms with E-state index in [1.54, 1.807) is 43.3 Å². The Hall–Kier alpha value is -3.58. The summed E-state index contributed by atoms with van der Waals surface area (Å²) in [6, 6.07) is 25.6. The quantitative estimate of drug-likeness (QED) is 0.341. The Balaban J connectivity index is 1.79. The number of para-hydroxylation sites is 1. The van der Waals surface area contributed by atoms with Crippen molar-refractivity contribution in [3.63, 3.8) is 0 Å². The van der Waals surface area contributed by atoms with Gasteiger partial charge in [-0.2, -0.15) is 0 Å². The smallest absolute Gasteiger partial charge is 0.309 e. The molecular formula is C28H27NO5S. The molecule has 1 aromatic heterocycles. The molecule has 0 radical (unpaired) electrons. The third kappa shape index (κ3) is 4.00. The number of nitrogens with zero attached hydrogens (tertiary/aromatic N) is 1. The van der Waals surface area contributed by atoms with Crippen LogP contribution in [0.3, 0.4) is 0 Å². The van der Waals surface area contributed by atoms with Gasteiger partial charge in [0.1, 0.15) is 11.9 Å². The minimum absolute atomic E-state index is 0.0860. The van der Waals surface area contributed by atoms with Gasteiger partial charge in [0.05, 0.1) is 29.1 Å². The summed E-state index contributed by atoms with van der Waals surface area (Å²) in [6.07, 6.45) is -0.381. The first kappa shape index (κ1) is 23.2. The minimum Gasteiger partial charge on any atom is -0.487 e. The molecule has 0 amide bonds. The Morgan fingerprint density at radius 1 is 0.943 bits per heavy atom. The van der Waals surface area contributed by atoms with Crippen LogP contribution in [0.1, 0.15) is 37.4 Å². The maximum atomic E-state index is 14.0. The van der Waals surface area contributed by atoms with E-state index in [-0.39, 0.29) is 29.1 Å². The molecule has 0 aliphatic carbocycles. The molecule has 180 valence electrons. The maximum Gasteiger partial charge on any atom is 0.309 e. The molecule has 1 aliphatic rings. The molecule has 0 spiro atoms. The predicted molar refractivity (Wildman–Crippen MR) is 134 cm³/mol. The molecule has 0 N–H and O–H groups in total. The van der Waals surface area contributed by atoms with Crippen molar-refractivity contribution in [2.24, 2.45) is 5.92 Å². The third-order valence-electron chi connectivity index (χ3n) is 6.61. The van der Waals surface area contributed by atoms with E-state index in [1.165, 1.54) is 3.97 Å². The molecule has 0 bridgehead atoms. The Bertz CT molecular complexity index is 1460. The highest BCUT2D eigenvalue weighted by Gasteiger charge is 2.43. The van der Waals surface area contributed by atoms with Gasteiger partial charge in [0, 0.05) is 17.2 Å². The monoisotopic (exact) mass is 489 g/mol. The summed E-state index contributed by atoms with van der Waals surface area (Å²) in [5, 5.41) is 0.698. The molecular weight excluding hydrogens is 462 g/mol. The highest BCUT2D eigenvalue weighted by atomic mass is 32.2. The second-order valence-corrected chi connectivity index (χ2v) is 10.5. The second-order valence-electron chi connectivity index (χ2n) is 8.73. The molecule has 5 rings (SSSR count). The van der Waals surface area contributed by atoms with Crippen LogP contribution >= 0.6 is 0 Å². The lowest BCUT2D eigenvalue weighted by molar-refractivity contribution is -0.145. The maximum absolute atomic E-state index is 14.0. The summed E-state index contributed by atoms with van der Waals surface area (Å²) in [7, 11) is -3.93. The fourth-order valence-electron chi connectivity index (χ4n) is 5.01. The van der Waals surface area contributed by atoms with E-state index in [1.807, 2.05) is 55.5 Å². The molecule has 6 nitrogen and oxygen atoms in total. The molecule has 0 saturated carbocycles. The third-order valence-corrected chi connectivity index (χ3v) is 8.35. The highest BCUT2D eigenvalue weighted by molar-refractivity contribution is 7.90. The van der Waals surface area contributed by atoms with E-state index in [0.717, 1.165) is 5.56 Å². The van der Waals surface area contributed by atoms with Crippen LogP contribution in [-0.2, 0) is 19.6 Å². The van der Waals surface area contributed by atoms with Gasteiger partial charge in [0.25, 0.3) is 10.0 Å². The Morgan fingerprint density at radius 2 is 1.57 bits per heavy atom. The molecule has 4 aromatic rings. The molecule has 3 aromatic carbocycles. The molecule has 7 heteroatoms. The number of fused-ring (bicyclic) bond motifs is 3. The van der Waals surface area contributed by atoms with Crippen LogP contribution in [0, 0.1) is 5.92 Å². The van der Waals surface area contributed by atoms with Gasteiger partial charge in [0.15, 0.2) is 0 Å². The van der Waals surface area contributed by atoms with E-state index < -0.39 is 16.1 Å². The fraction of sp³-hybridized carbons (Fsp3) is 0.250. The first-order valence-corrected chi connectivity index (χ1v) is 13.2. The zero-order valence-electron chi connectivity index (χ0n) is 19.6. The SMILES string of the molecule is CCOC(=O)C[C@H]1Oc2c(n(S(=O)(=O)c3ccccc3)c3ccccc23)[C@H](c2ccccc2)[C@H]1C. The van der Waals surface area contributed by atoms with Crippen LogP contribution in [0.4, 0.5) is 0 Å². The zero-order chi connectivity index (χ0) is 24.6. The van der Waals surface area contributed by atoms with E-state index in [2.05, 4.69) is 0 Å². The minimum atomic E-state index is -3.93. The summed E-state index contributed by atoms with van der Waals surface area (Å²) < 4.78 is 41.2. The lowest BCUT2D eigenvalue weighted by Gasteiger charge is -2.37. The summed E-state index contributed by atoms with van der Waals surface area (Å²) in [6.45, 7) is 4.07. The van der Waals surface area contributed by atoms with Crippen molar-refractivity contribution in [3.05, 3.63) is 96.2 Å². The van der Waals surface area contributed by atoms with E-state index in [4.69, 9.17) is 9.47 Å². The van der Waals surface area contributed by atoms with Crippen molar-refractivity contribution in [2.45, 2.75) is 37.2 Å². The average Bonchev–Trinajstić information content (AvgIpc) is 3.20. The number of aromatic nitrogens is 1. The zero-order valence-corrected chi connectivity index (χ0v) is 20.4. The molecule has 0 saturated heterocycles. The predicted octanol–water partition coefficient (Wildman–Crippen LogP) is 5.36. The number of carbonyl (C=O) groups is 1. The first-order valence-electron chi connectivity index (χ1n) is 11.7. The standard InChI is InChI=1S/C28H27NO5S/c1-3-33-25(30)18-24-19(2)26(20-12-6-4-7-13-20)27-28(34-24)22-16-10-11-17-23(22)29(27)35(31,32)21-14-8-5-9-15-21/h4-17,19,24,26H,3,18H2,1-2H3/t19-,24+,26-/m0/s1. The highest BCUT2D eigenvalue weighted by Crippen LogP contribution is 2.50. The fourth-order valence-corrected chi connectivity index (χ4v) is 6.59. The van der Waals surface area contributed by atoms with Crippen LogP contribution in [0.5, 0.6) is 5.75 Å². The van der Waals surface area contributed by atoms with Crippen LogP contribution < -0.4 is 4.74 Å². The van der Waals surface area contributed by atoms with Crippen LogP contribution in [0.25, 0.3) is 10.9 Å². The summed E-state index contributed by atoms with van der Waals surface area (Å²) in [4.78, 5) is 12.6. The lowest BCUT2D eigenvalue weighted by atomic mass is 9.78. The van der Waals surface area contributed by atoms with Crippen LogP contribution in [-0.4, -0.2) is 31.1 Å². The van der Waals surface area contributed by atoms with Gasteiger partial charge in [-0.05, 0) is 36.8 Å². The number of ether oxygens (including phenoxy) is 2. The average molecular weight is 490 g/mol. The lowest BCUT2D eigenvalue weighted by Crippen LogP contribution is -2.38. The van der Waals surface area contributed by atoms with Crippen molar-refractivity contribution in [1.82, 2.24) is 3.97 Å². The van der Waals surface area contributed by atoms with Gasteiger partial charge in [-0.1, -0.05) is 67.6 Å². The number of hydrogen-bond acceptors (Lipinski definition) is 5. The largest absolute Gasteiger partial charge is 0.487 e. The van der Waals surface area contributed by atoms with E-state index in [9.17, 15) is 13.2 Å². The summed E-state index contributed by atoms with van der Waals surface area (Å²) >= 11 is 0. The van der Waals surface area contributed by atoms with Gasteiger partial charge >= 0.3 is 5.97 Å². The van der Waals surface area contributed by atoms with Crippen molar-refractivity contribution in [3.8, 4) is 5.75 Å². The number of rotatable bonds is 6. The number of benzene rings is 3. The summed E-state index contributed by atoms with van der Waals surface area (Å²) in [5.41, 5.74) is 2.09. The van der Waals surface area contributed by atoms with Crippen molar-refractivity contribution in [1.29, 1.82) is 0 Å². The molecule has 0 fully saturated rings. The van der Waals surface area contributed by atoms with Crippen molar-refractivity contribution in [2.75, 3.05) is 6.61 Å².